The van der Waals surface area contributed by atoms with Crippen LogP contribution in [0, 0.1) is 6.92 Å². The van der Waals surface area contributed by atoms with Crippen LogP contribution in [-0.4, -0.2) is 48.7 Å². The number of ether oxygens (including phenoxy) is 1. The average Bonchev–Trinajstić information content (AvgIpc) is 2.93. The van der Waals surface area contributed by atoms with Crippen LogP contribution in [0.2, 0.25) is 0 Å². The topological polar surface area (TPSA) is 73.2 Å². The van der Waals surface area contributed by atoms with Crippen LogP contribution in [-0.2, 0) is 21.1 Å². The van der Waals surface area contributed by atoms with Crippen molar-refractivity contribution < 1.29 is 13.2 Å². The number of nitrogens with zero attached hydrogens (tertiary/aromatic N) is 2. The molecule has 1 fully saturated rings. The standard InChI is InChI=1S/C14H25N3O3S/c1-3-20-8-5-7-15-14-16-12(2)10-17(14)11-13-6-4-9-21(13,18)19/h10,13H,3-9,11H2,1-2H3,(H,15,16). The van der Waals surface area contributed by atoms with Crippen LogP contribution in [0.4, 0.5) is 5.95 Å². The van der Waals surface area contributed by atoms with Gasteiger partial charge in [-0.2, -0.15) is 0 Å². The SMILES string of the molecule is CCOCCCNc1nc(C)cn1CC1CCCS1(=O)=O. The fraction of sp³-hybridized carbons (Fsp3) is 0.786. The predicted octanol–water partition coefficient (Wildman–Crippen LogP) is 1.61. The second-order valence-corrected chi connectivity index (χ2v) is 7.87. The van der Waals surface area contributed by atoms with E-state index in [1.165, 1.54) is 0 Å². The molecule has 7 heteroatoms. The second kappa shape index (κ2) is 7.26. The molecule has 0 saturated carbocycles. The second-order valence-electron chi connectivity index (χ2n) is 5.47. The Morgan fingerprint density at radius 3 is 3.00 bits per heavy atom. The molecule has 1 aliphatic heterocycles. The maximum atomic E-state index is 11.9. The monoisotopic (exact) mass is 315 g/mol. The molecule has 0 aromatic carbocycles. The Kier molecular flexibility index (Phi) is 5.64. The molecule has 2 heterocycles. The Morgan fingerprint density at radius 1 is 1.52 bits per heavy atom. The third-order valence-electron chi connectivity index (χ3n) is 3.71. The summed E-state index contributed by atoms with van der Waals surface area (Å²) in [5, 5.41) is 3.00. The molecule has 0 amide bonds. The highest BCUT2D eigenvalue weighted by molar-refractivity contribution is 7.92. The summed E-state index contributed by atoms with van der Waals surface area (Å²) in [7, 11) is -2.92. The molecule has 1 saturated heterocycles. The first-order chi connectivity index (χ1) is 10.0. The van der Waals surface area contributed by atoms with Gasteiger partial charge < -0.3 is 14.6 Å². The van der Waals surface area contributed by atoms with Crippen LogP contribution < -0.4 is 5.32 Å². The summed E-state index contributed by atoms with van der Waals surface area (Å²) in [5.41, 5.74) is 0.901. The summed E-state index contributed by atoms with van der Waals surface area (Å²) in [6.45, 7) is 6.62. The van der Waals surface area contributed by atoms with Gasteiger partial charge in [-0.1, -0.05) is 0 Å². The van der Waals surface area contributed by atoms with Gasteiger partial charge in [-0.25, -0.2) is 13.4 Å². The molecule has 1 N–H and O–H groups in total. The van der Waals surface area contributed by atoms with Crippen molar-refractivity contribution in [1.29, 1.82) is 0 Å². The molecule has 2 rings (SSSR count). The Balaban J connectivity index is 1.93. The Morgan fingerprint density at radius 2 is 2.33 bits per heavy atom. The zero-order valence-corrected chi connectivity index (χ0v) is 13.7. The van der Waals surface area contributed by atoms with Gasteiger partial charge in [-0.3, -0.25) is 0 Å². The summed E-state index contributed by atoms with van der Waals surface area (Å²) in [4.78, 5) is 4.43. The Hall–Kier alpha value is -1.08. The predicted molar refractivity (Wildman–Crippen MR) is 83.4 cm³/mol. The van der Waals surface area contributed by atoms with Crippen molar-refractivity contribution in [2.45, 2.75) is 44.9 Å². The van der Waals surface area contributed by atoms with E-state index in [9.17, 15) is 8.42 Å². The van der Waals surface area contributed by atoms with Crippen molar-refractivity contribution in [3.8, 4) is 0 Å². The highest BCUT2D eigenvalue weighted by Crippen LogP contribution is 2.23. The van der Waals surface area contributed by atoms with Crippen molar-refractivity contribution in [2.24, 2.45) is 0 Å². The van der Waals surface area contributed by atoms with Gasteiger partial charge in [0.1, 0.15) is 0 Å². The van der Waals surface area contributed by atoms with Gasteiger partial charge in [-0.15, -0.1) is 0 Å². The van der Waals surface area contributed by atoms with Gasteiger partial charge in [-0.05, 0) is 33.1 Å². The summed E-state index contributed by atoms with van der Waals surface area (Å²) in [6, 6.07) is 0. The minimum Gasteiger partial charge on any atom is -0.382 e. The van der Waals surface area contributed by atoms with E-state index in [0.717, 1.165) is 50.7 Å². The van der Waals surface area contributed by atoms with Gasteiger partial charge in [0.2, 0.25) is 5.95 Å². The van der Waals surface area contributed by atoms with Gasteiger partial charge in [0, 0.05) is 32.5 Å². The van der Waals surface area contributed by atoms with Crippen molar-refractivity contribution in [3.63, 3.8) is 0 Å². The van der Waals surface area contributed by atoms with Crippen LogP contribution in [0.25, 0.3) is 0 Å². The number of aryl methyl sites for hydroxylation is 1. The van der Waals surface area contributed by atoms with E-state index < -0.39 is 9.84 Å². The largest absolute Gasteiger partial charge is 0.382 e. The van der Waals surface area contributed by atoms with Crippen LogP contribution in [0.15, 0.2) is 6.20 Å². The summed E-state index contributed by atoms with van der Waals surface area (Å²) >= 11 is 0. The molecule has 1 aliphatic rings. The Labute approximate surface area is 126 Å². The molecule has 0 radical (unpaired) electrons. The first kappa shape index (κ1) is 16.3. The van der Waals surface area contributed by atoms with Crippen molar-refractivity contribution in [2.75, 3.05) is 30.8 Å². The molecule has 0 spiro atoms. The van der Waals surface area contributed by atoms with Crippen LogP contribution in [0.5, 0.6) is 0 Å². The number of aromatic nitrogens is 2. The van der Waals surface area contributed by atoms with E-state index in [4.69, 9.17) is 4.74 Å². The zero-order valence-electron chi connectivity index (χ0n) is 12.8. The lowest BCUT2D eigenvalue weighted by Gasteiger charge is -2.13. The lowest BCUT2D eigenvalue weighted by atomic mass is 10.2. The van der Waals surface area contributed by atoms with Crippen LogP contribution >= 0.6 is 0 Å². The minimum atomic E-state index is -2.92. The fourth-order valence-corrected chi connectivity index (χ4v) is 4.44. The highest BCUT2D eigenvalue weighted by Gasteiger charge is 2.31. The molecule has 1 aromatic rings. The third-order valence-corrected chi connectivity index (χ3v) is 5.97. The van der Waals surface area contributed by atoms with Gasteiger partial charge in [0.15, 0.2) is 9.84 Å². The van der Waals surface area contributed by atoms with E-state index in [1.54, 1.807) is 0 Å². The van der Waals surface area contributed by atoms with Crippen molar-refractivity contribution >= 4 is 15.8 Å². The van der Waals surface area contributed by atoms with Crippen LogP contribution in [0.1, 0.15) is 31.9 Å². The molecule has 1 aromatic heterocycles. The molecule has 0 bridgehead atoms. The number of hydrogen-bond acceptors (Lipinski definition) is 5. The van der Waals surface area contributed by atoms with E-state index in [0.29, 0.717) is 12.3 Å². The first-order valence-electron chi connectivity index (χ1n) is 7.60. The summed E-state index contributed by atoms with van der Waals surface area (Å²) in [5.74, 6) is 1.08. The molecular weight excluding hydrogens is 290 g/mol. The molecule has 0 aliphatic carbocycles. The number of hydrogen-bond donors (Lipinski definition) is 1. The molecular formula is C14H25N3O3S. The maximum Gasteiger partial charge on any atom is 0.203 e. The van der Waals surface area contributed by atoms with E-state index in [1.807, 2.05) is 24.6 Å². The number of imidazole rings is 1. The summed E-state index contributed by atoms with van der Waals surface area (Å²) < 4.78 is 31.1. The van der Waals surface area contributed by atoms with E-state index in [2.05, 4.69) is 10.3 Å². The smallest absolute Gasteiger partial charge is 0.203 e. The lowest BCUT2D eigenvalue weighted by Crippen LogP contribution is -2.23. The highest BCUT2D eigenvalue weighted by atomic mass is 32.2. The molecule has 6 nitrogen and oxygen atoms in total. The molecule has 120 valence electrons. The zero-order chi connectivity index (χ0) is 15.3. The number of sulfone groups is 1. The third kappa shape index (κ3) is 4.44. The normalized spacial score (nSPS) is 20.8. The van der Waals surface area contributed by atoms with Gasteiger partial charge >= 0.3 is 0 Å². The van der Waals surface area contributed by atoms with Crippen molar-refractivity contribution in [1.82, 2.24) is 9.55 Å². The maximum absolute atomic E-state index is 11.9. The van der Waals surface area contributed by atoms with Gasteiger partial charge in [0.05, 0.1) is 16.7 Å². The van der Waals surface area contributed by atoms with E-state index in [-0.39, 0.29) is 5.25 Å². The molecule has 1 atom stereocenters. The quantitative estimate of drug-likeness (QED) is 0.738. The van der Waals surface area contributed by atoms with Gasteiger partial charge in [0.25, 0.3) is 0 Å². The fourth-order valence-electron chi connectivity index (χ4n) is 2.63. The lowest BCUT2D eigenvalue weighted by molar-refractivity contribution is 0.147. The van der Waals surface area contributed by atoms with Crippen molar-refractivity contribution in [3.05, 3.63) is 11.9 Å². The number of nitrogens with one attached hydrogen (secondary N) is 1. The van der Waals surface area contributed by atoms with Crippen LogP contribution in [0.3, 0.4) is 0 Å². The number of rotatable bonds is 8. The number of anilines is 1. The first-order valence-corrected chi connectivity index (χ1v) is 9.31. The molecule has 1 unspecified atom stereocenters. The Bertz CT molecular complexity index is 554. The van der Waals surface area contributed by atoms with E-state index >= 15 is 0 Å². The molecule has 21 heavy (non-hydrogen) atoms. The minimum absolute atomic E-state index is 0.268. The average molecular weight is 315 g/mol. The summed E-state index contributed by atoms with van der Waals surface area (Å²) in [6.07, 6.45) is 4.35.